The molecule has 1 rings (SSSR count). The van der Waals surface area contributed by atoms with Gasteiger partial charge < -0.3 is 0 Å². The summed E-state index contributed by atoms with van der Waals surface area (Å²) in [6, 6.07) is 5.00. The molecule has 0 bridgehead atoms. The molecule has 0 radical (unpaired) electrons. The summed E-state index contributed by atoms with van der Waals surface area (Å²) in [6.45, 7) is 0. The zero-order valence-corrected chi connectivity index (χ0v) is 8.21. The lowest BCUT2D eigenvalue weighted by atomic mass is 10.1. The van der Waals surface area contributed by atoms with Gasteiger partial charge in [0.1, 0.15) is 5.82 Å². The molecular weight excluding hydrogens is 239 g/mol. The molecule has 0 saturated heterocycles. The summed E-state index contributed by atoms with van der Waals surface area (Å²) in [5.41, 5.74) is 10.9. The van der Waals surface area contributed by atoms with Gasteiger partial charge in [0, 0.05) is 5.56 Å². The molecule has 0 aliphatic carbocycles. The first-order valence-electron chi connectivity index (χ1n) is 3.48. The van der Waals surface area contributed by atoms with E-state index in [-0.39, 0.29) is 5.56 Å². The second-order valence-electron chi connectivity index (χ2n) is 2.60. The molecule has 3 nitrogen and oxygen atoms in total. The van der Waals surface area contributed by atoms with E-state index in [2.05, 4.69) is 15.9 Å². The number of carbonyl (C=O) groups is 1. The monoisotopic (exact) mass is 246 g/mol. The van der Waals surface area contributed by atoms with Crippen LogP contribution in [0.2, 0.25) is 0 Å². The highest BCUT2D eigenvalue weighted by Crippen LogP contribution is 2.12. The van der Waals surface area contributed by atoms with Crippen LogP contribution in [-0.2, 0) is 0 Å². The molecule has 0 heterocycles. The Morgan fingerprint density at radius 3 is 2.15 bits per heavy atom. The van der Waals surface area contributed by atoms with Crippen LogP contribution >= 0.6 is 15.9 Å². The zero-order valence-electron chi connectivity index (χ0n) is 6.63. The van der Waals surface area contributed by atoms with E-state index in [1.54, 1.807) is 0 Å². The average Bonchev–Trinajstić information content (AvgIpc) is 2.03. The topological polar surface area (TPSA) is 69.1 Å². The molecule has 0 atom stereocenters. The second kappa shape index (κ2) is 3.53. The van der Waals surface area contributed by atoms with Gasteiger partial charge in [-0.2, -0.15) is 0 Å². The lowest BCUT2D eigenvalue weighted by Crippen LogP contribution is -2.50. The van der Waals surface area contributed by atoms with Crippen LogP contribution < -0.4 is 11.5 Å². The highest BCUT2D eigenvalue weighted by atomic mass is 79.9. The van der Waals surface area contributed by atoms with Crippen LogP contribution in [0.5, 0.6) is 0 Å². The number of benzene rings is 1. The van der Waals surface area contributed by atoms with Gasteiger partial charge in [0.25, 0.3) is 0 Å². The van der Waals surface area contributed by atoms with Gasteiger partial charge in [-0.1, -0.05) is 0 Å². The third-order valence-electron chi connectivity index (χ3n) is 1.45. The third kappa shape index (κ3) is 2.58. The van der Waals surface area contributed by atoms with Crippen LogP contribution in [0.1, 0.15) is 10.4 Å². The van der Waals surface area contributed by atoms with E-state index in [4.69, 9.17) is 11.5 Å². The third-order valence-corrected chi connectivity index (χ3v) is 1.81. The molecule has 1 aromatic carbocycles. The number of hydrogen-bond donors (Lipinski definition) is 2. The van der Waals surface area contributed by atoms with Crippen molar-refractivity contribution in [3.63, 3.8) is 0 Å². The van der Waals surface area contributed by atoms with Gasteiger partial charge in [0.05, 0.1) is 0 Å². The largest absolute Gasteiger partial charge is 0.298 e. The maximum atomic E-state index is 12.5. The van der Waals surface area contributed by atoms with Crippen LogP contribution in [0.25, 0.3) is 0 Å². The lowest BCUT2D eigenvalue weighted by Gasteiger charge is -2.14. The normalized spacial score (nSPS) is 11.4. The minimum absolute atomic E-state index is 0.267. The van der Waals surface area contributed by atoms with Gasteiger partial charge in [-0.15, -0.1) is 0 Å². The van der Waals surface area contributed by atoms with Crippen molar-refractivity contribution >= 4 is 21.7 Å². The van der Waals surface area contributed by atoms with Crippen molar-refractivity contribution in [2.45, 2.75) is 4.57 Å². The van der Waals surface area contributed by atoms with Crippen LogP contribution in [0.15, 0.2) is 24.3 Å². The maximum Gasteiger partial charge on any atom is 0.208 e. The first-order chi connectivity index (χ1) is 5.91. The summed E-state index contributed by atoms with van der Waals surface area (Å²) < 4.78 is 10.9. The Morgan fingerprint density at radius 2 is 1.77 bits per heavy atom. The van der Waals surface area contributed by atoms with Crippen molar-refractivity contribution in [3.8, 4) is 0 Å². The van der Waals surface area contributed by atoms with E-state index in [1.807, 2.05) is 0 Å². The predicted octanol–water partition coefficient (Wildman–Crippen LogP) is 0.975. The number of halogens is 2. The molecule has 0 aliphatic rings. The molecule has 0 unspecified atom stereocenters. The Hall–Kier alpha value is -0.780. The van der Waals surface area contributed by atoms with Crippen molar-refractivity contribution in [1.29, 1.82) is 0 Å². The zero-order chi connectivity index (χ0) is 10.1. The van der Waals surface area contributed by atoms with E-state index in [9.17, 15) is 9.18 Å². The fourth-order valence-corrected chi connectivity index (χ4v) is 1.05. The Bertz CT molecular complexity index is 318. The smallest absolute Gasteiger partial charge is 0.208 e. The summed E-state index contributed by atoms with van der Waals surface area (Å²) in [7, 11) is 0. The van der Waals surface area contributed by atoms with Gasteiger partial charge >= 0.3 is 0 Å². The molecule has 70 valence electrons. The quantitative estimate of drug-likeness (QED) is 0.354. The van der Waals surface area contributed by atoms with Crippen molar-refractivity contribution in [2.75, 3.05) is 0 Å². The van der Waals surface area contributed by atoms with Crippen molar-refractivity contribution in [3.05, 3.63) is 35.6 Å². The molecule has 4 N–H and O–H groups in total. The Morgan fingerprint density at radius 1 is 1.31 bits per heavy atom. The highest BCUT2D eigenvalue weighted by molar-refractivity contribution is 9.10. The summed E-state index contributed by atoms with van der Waals surface area (Å²) in [5.74, 6) is -0.904. The standard InChI is InChI=1S/C8H8BrFN2O/c9-8(11,12)7(13)5-1-3-6(10)4-2-5/h1-4H,11-12H2. The molecule has 0 saturated carbocycles. The summed E-state index contributed by atoms with van der Waals surface area (Å²) in [5, 5.41) is 0. The first kappa shape index (κ1) is 10.3. The lowest BCUT2D eigenvalue weighted by molar-refractivity contribution is 0.0950. The van der Waals surface area contributed by atoms with Gasteiger partial charge in [-0.25, -0.2) is 4.39 Å². The van der Waals surface area contributed by atoms with E-state index < -0.39 is 16.2 Å². The summed E-state index contributed by atoms with van der Waals surface area (Å²) in [6.07, 6.45) is 0. The van der Waals surface area contributed by atoms with Crippen LogP contribution in [-0.4, -0.2) is 10.4 Å². The molecule has 5 heteroatoms. The number of Topliss-reactive ketones (excluding diaryl/α,β-unsaturated/α-hetero) is 1. The fourth-order valence-electron chi connectivity index (χ4n) is 0.822. The second-order valence-corrected chi connectivity index (χ2v) is 3.92. The Labute approximate surface area is 83.0 Å². The van der Waals surface area contributed by atoms with E-state index in [0.717, 1.165) is 0 Å². The predicted molar refractivity (Wildman–Crippen MR) is 50.8 cm³/mol. The van der Waals surface area contributed by atoms with E-state index in [1.165, 1.54) is 24.3 Å². The van der Waals surface area contributed by atoms with Crippen LogP contribution in [0.3, 0.4) is 0 Å². The molecule has 0 aliphatic heterocycles. The molecule has 1 aromatic rings. The SMILES string of the molecule is NC(N)(Br)C(=O)c1ccc(F)cc1. The Kier molecular flexibility index (Phi) is 2.80. The maximum absolute atomic E-state index is 12.5. The number of rotatable bonds is 2. The number of carbonyl (C=O) groups excluding carboxylic acids is 1. The van der Waals surface area contributed by atoms with Crippen molar-refractivity contribution in [1.82, 2.24) is 0 Å². The minimum atomic E-state index is -1.59. The first-order valence-corrected chi connectivity index (χ1v) is 4.27. The Balaban J connectivity index is 2.97. The highest BCUT2D eigenvalue weighted by Gasteiger charge is 2.26. The van der Waals surface area contributed by atoms with Crippen molar-refractivity contribution < 1.29 is 9.18 Å². The molecular formula is C8H8BrFN2O. The van der Waals surface area contributed by atoms with E-state index in [0.29, 0.717) is 0 Å². The van der Waals surface area contributed by atoms with Gasteiger partial charge in [0.15, 0.2) is 4.57 Å². The van der Waals surface area contributed by atoms with Crippen LogP contribution in [0.4, 0.5) is 4.39 Å². The number of ketones is 1. The minimum Gasteiger partial charge on any atom is -0.298 e. The van der Waals surface area contributed by atoms with Gasteiger partial charge in [0.2, 0.25) is 5.78 Å². The molecule has 0 fully saturated rings. The number of nitrogens with two attached hydrogens (primary N) is 2. The number of hydrogen-bond acceptors (Lipinski definition) is 3. The molecule has 0 amide bonds. The number of alkyl halides is 1. The van der Waals surface area contributed by atoms with Crippen molar-refractivity contribution in [2.24, 2.45) is 11.5 Å². The fraction of sp³-hybridized carbons (Fsp3) is 0.125. The summed E-state index contributed by atoms with van der Waals surface area (Å²) in [4.78, 5) is 11.4. The average molecular weight is 247 g/mol. The molecule has 0 spiro atoms. The molecule has 0 aromatic heterocycles. The van der Waals surface area contributed by atoms with Gasteiger partial charge in [-0.3, -0.25) is 16.3 Å². The summed E-state index contributed by atoms with van der Waals surface area (Å²) >= 11 is 2.81. The van der Waals surface area contributed by atoms with Crippen LogP contribution in [0, 0.1) is 5.82 Å². The molecule has 13 heavy (non-hydrogen) atoms. The van der Waals surface area contributed by atoms with E-state index >= 15 is 0 Å². The van der Waals surface area contributed by atoms with Gasteiger partial charge in [-0.05, 0) is 40.2 Å².